The Morgan fingerprint density at radius 2 is 0.898 bits per heavy atom. The van der Waals surface area contributed by atoms with Crippen LogP contribution >= 0.6 is 11.3 Å². The fourth-order valence-corrected chi connectivity index (χ4v) is 8.55. The molecule has 0 saturated heterocycles. The van der Waals surface area contributed by atoms with Crippen LogP contribution in [-0.4, -0.2) is 15.0 Å². The standard InChI is InChI=1S/C45H27N3S/c1-3-13-28(14-4-1)32-25-26-36(35-20-10-9-19-34(32)35)44-46-43(30-16-5-2-6-17-30)47-45(48-44)38-27-31-24-23-29-15-7-8-18-33(29)40(31)42-41(38)37-21-11-12-22-39(37)49-42/h1-27H. The minimum atomic E-state index is 0.656. The second kappa shape index (κ2) is 11.2. The van der Waals surface area contributed by atoms with Crippen LogP contribution in [0.1, 0.15) is 0 Å². The summed E-state index contributed by atoms with van der Waals surface area (Å²) in [4.78, 5) is 15.7. The molecule has 8 aromatic carbocycles. The van der Waals surface area contributed by atoms with E-state index in [-0.39, 0.29) is 0 Å². The van der Waals surface area contributed by atoms with Crippen molar-refractivity contribution in [3.8, 4) is 45.3 Å². The van der Waals surface area contributed by atoms with Gasteiger partial charge in [0.25, 0.3) is 0 Å². The van der Waals surface area contributed by atoms with Gasteiger partial charge in [-0.05, 0) is 56.3 Å². The van der Waals surface area contributed by atoms with Gasteiger partial charge in [-0.25, -0.2) is 15.0 Å². The third-order valence-electron chi connectivity index (χ3n) is 9.51. The molecule has 0 saturated carbocycles. The van der Waals surface area contributed by atoms with Gasteiger partial charge < -0.3 is 0 Å². The van der Waals surface area contributed by atoms with Crippen molar-refractivity contribution in [2.75, 3.05) is 0 Å². The van der Waals surface area contributed by atoms with E-state index in [9.17, 15) is 0 Å². The molecule has 2 heterocycles. The van der Waals surface area contributed by atoms with Crippen molar-refractivity contribution in [2.45, 2.75) is 0 Å². The molecule has 4 heteroatoms. The van der Waals surface area contributed by atoms with Crippen molar-refractivity contribution in [1.29, 1.82) is 0 Å². The van der Waals surface area contributed by atoms with Gasteiger partial charge in [-0.15, -0.1) is 11.3 Å². The zero-order valence-electron chi connectivity index (χ0n) is 26.3. The summed E-state index contributed by atoms with van der Waals surface area (Å²) in [6.45, 7) is 0. The molecular weight excluding hydrogens is 615 g/mol. The minimum Gasteiger partial charge on any atom is -0.208 e. The van der Waals surface area contributed by atoms with Crippen LogP contribution in [0.25, 0.3) is 97.8 Å². The summed E-state index contributed by atoms with van der Waals surface area (Å²) in [7, 11) is 0. The summed E-state index contributed by atoms with van der Waals surface area (Å²) >= 11 is 1.85. The van der Waals surface area contributed by atoms with E-state index in [2.05, 4.69) is 146 Å². The van der Waals surface area contributed by atoms with E-state index in [0.29, 0.717) is 17.5 Å². The van der Waals surface area contributed by atoms with E-state index < -0.39 is 0 Å². The summed E-state index contributed by atoms with van der Waals surface area (Å²) in [5.41, 5.74) is 5.32. The molecule has 49 heavy (non-hydrogen) atoms. The lowest BCUT2D eigenvalue weighted by Crippen LogP contribution is -2.01. The lowest BCUT2D eigenvalue weighted by Gasteiger charge is -2.14. The Morgan fingerprint density at radius 3 is 1.67 bits per heavy atom. The summed E-state index contributed by atoms with van der Waals surface area (Å²) in [5.74, 6) is 1.98. The maximum Gasteiger partial charge on any atom is 0.164 e. The van der Waals surface area contributed by atoms with Gasteiger partial charge >= 0.3 is 0 Å². The third-order valence-corrected chi connectivity index (χ3v) is 10.7. The van der Waals surface area contributed by atoms with Crippen molar-refractivity contribution < 1.29 is 0 Å². The summed E-state index contributed by atoms with van der Waals surface area (Å²) in [6.07, 6.45) is 0. The molecule has 0 aliphatic heterocycles. The number of hydrogen-bond donors (Lipinski definition) is 0. The molecule has 10 rings (SSSR count). The molecule has 2 aromatic heterocycles. The predicted octanol–water partition coefficient (Wildman–Crippen LogP) is 12.4. The number of nitrogens with zero attached hydrogens (tertiary/aromatic N) is 3. The summed E-state index contributed by atoms with van der Waals surface area (Å²) < 4.78 is 2.51. The van der Waals surface area contributed by atoms with Gasteiger partial charge in [0.05, 0.1) is 0 Å². The van der Waals surface area contributed by atoms with Crippen molar-refractivity contribution in [1.82, 2.24) is 15.0 Å². The zero-order valence-corrected chi connectivity index (χ0v) is 27.2. The molecule has 0 fully saturated rings. The molecule has 0 aliphatic carbocycles. The normalized spacial score (nSPS) is 11.7. The van der Waals surface area contributed by atoms with E-state index in [4.69, 9.17) is 15.0 Å². The second-order valence-electron chi connectivity index (χ2n) is 12.4. The SMILES string of the molecule is c1ccc(-c2nc(-c3ccc(-c4ccccc4)c4ccccc34)nc(-c3cc4ccc5ccccc5c4c4sc5ccccc5c34)n2)cc1. The van der Waals surface area contributed by atoms with Gasteiger partial charge in [0.15, 0.2) is 17.5 Å². The van der Waals surface area contributed by atoms with Crippen LogP contribution in [0.3, 0.4) is 0 Å². The Hall–Kier alpha value is -6.23. The molecule has 0 amide bonds. The number of thiophene rings is 1. The van der Waals surface area contributed by atoms with E-state index in [1.165, 1.54) is 58.2 Å². The first-order chi connectivity index (χ1) is 24.3. The molecule has 3 nitrogen and oxygen atoms in total. The first-order valence-corrected chi connectivity index (χ1v) is 17.3. The molecule has 0 spiro atoms. The van der Waals surface area contributed by atoms with Crippen LogP contribution in [0, 0.1) is 0 Å². The van der Waals surface area contributed by atoms with Crippen molar-refractivity contribution in [2.24, 2.45) is 0 Å². The topological polar surface area (TPSA) is 38.7 Å². The molecule has 0 radical (unpaired) electrons. The van der Waals surface area contributed by atoms with E-state index >= 15 is 0 Å². The molecular formula is C45H27N3S. The molecule has 0 unspecified atom stereocenters. The van der Waals surface area contributed by atoms with Gasteiger partial charge in [-0.1, -0.05) is 146 Å². The number of fused-ring (bicyclic) bond motifs is 8. The summed E-state index contributed by atoms with van der Waals surface area (Å²) in [6, 6.07) is 57.8. The van der Waals surface area contributed by atoms with E-state index in [1.54, 1.807) is 0 Å². The number of benzene rings is 8. The predicted molar refractivity (Wildman–Crippen MR) is 207 cm³/mol. The Bertz CT molecular complexity index is 2880. The first-order valence-electron chi connectivity index (χ1n) is 16.5. The van der Waals surface area contributed by atoms with Crippen LogP contribution in [0.4, 0.5) is 0 Å². The fourth-order valence-electron chi connectivity index (χ4n) is 7.25. The number of rotatable bonds is 4. The highest BCUT2D eigenvalue weighted by Gasteiger charge is 2.21. The number of hydrogen-bond acceptors (Lipinski definition) is 4. The third kappa shape index (κ3) is 4.53. The average Bonchev–Trinajstić information content (AvgIpc) is 3.57. The second-order valence-corrected chi connectivity index (χ2v) is 13.4. The molecule has 0 N–H and O–H groups in total. The van der Waals surface area contributed by atoms with Gasteiger partial charge in [0, 0.05) is 42.2 Å². The quantitative estimate of drug-likeness (QED) is 0.180. The van der Waals surface area contributed by atoms with Crippen LogP contribution in [-0.2, 0) is 0 Å². The maximum atomic E-state index is 5.34. The van der Waals surface area contributed by atoms with Gasteiger partial charge in [-0.2, -0.15) is 0 Å². The van der Waals surface area contributed by atoms with Crippen molar-refractivity contribution in [3.05, 3.63) is 164 Å². The average molecular weight is 642 g/mol. The molecule has 228 valence electrons. The zero-order chi connectivity index (χ0) is 32.3. The molecule has 0 atom stereocenters. The van der Waals surface area contributed by atoms with Crippen molar-refractivity contribution in [3.63, 3.8) is 0 Å². The molecule has 0 aliphatic rings. The highest BCUT2D eigenvalue weighted by molar-refractivity contribution is 7.27. The molecule has 10 aromatic rings. The Kier molecular flexibility index (Phi) is 6.36. The summed E-state index contributed by atoms with van der Waals surface area (Å²) in [5, 5.41) is 9.62. The Balaban J connectivity index is 1.30. The monoisotopic (exact) mass is 641 g/mol. The van der Waals surface area contributed by atoms with Crippen LogP contribution in [0.2, 0.25) is 0 Å². The Morgan fingerprint density at radius 1 is 0.347 bits per heavy atom. The van der Waals surface area contributed by atoms with Crippen LogP contribution < -0.4 is 0 Å². The van der Waals surface area contributed by atoms with Crippen molar-refractivity contribution >= 4 is 63.8 Å². The lowest BCUT2D eigenvalue weighted by atomic mass is 9.94. The first kappa shape index (κ1) is 27.8. The maximum absolute atomic E-state index is 5.34. The smallest absolute Gasteiger partial charge is 0.164 e. The van der Waals surface area contributed by atoms with Crippen LogP contribution in [0.15, 0.2) is 164 Å². The van der Waals surface area contributed by atoms with E-state index in [1.807, 2.05) is 29.5 Å². The van der Waals surface area contributed by atoms with Gasteiger partial charge in [0.2, 0.25) is 0 Å². The molecule has 0 bridgehead atoms. The highest BCUT2D eigenvalue weighted by atomic mass is 32.1. The highest BCUT2D eigenvalue weighted by Crippen LogP contribution is 2.46. The largest absolute Gasteiger partial charge is 0.208 e. The van der Waals surface area contributed by atoms with Crippen LogP contribution in [0.5, 0.6) is 0 Å². The lowest BCUT2D eigenvalue weighted by molar-refractivity contribution is 1.08. The van der Waals surface area contributed by atoms with Gasteiger partial charge in [0.1, 0.15) is 0 Å². The van der Waals surface area contributed by atoms with Gasteiger partial charge in [-0.3, -0.25) is 0 Å². The Labute approximate surface area is 286 Å². The fraction of sp³-hybridized carbons (Fsp3) is 0. The van der Waals surface area contributed by atoms with E-state index in [0.717, 1.165) is 22.1 Å². The number of aromatic nitrogens is 3. The minimum absolute atomic E-state index is 0.656.